The van der Waals surface area contributed by atoms with Crippen molar-refractivity contribution in [2.45, 2.75) is 6.54 Å². The average molecular weight is 308 g/mol. The Bertz CT molecular complexity index is 777. The molecule has 0 spiro atoms. The third kappa shape index (κ3) is 3.83. The number of benzene rings is 2. The SMILES string of the molecule is CN(Cc1ccccc1)c1ccnc(Nc2ccccc2F)n1. The van der Waals surface area contributed by atoms with Crippen molar-refractivity contribution >= 4 is 17.5 Å². The summed E-state index contributed by atoms with van der Waals surface area (Å²) in [7, 11) is 1.96. The van der Waals surface area contributed by atoms with Crippen molar-refractivity contribution < 1.29 is 4.39 Å². The Labute approximate surface area is 134 Å². The predicted octanol–water partition coefficient (Wildman–Crippen LogP) is 4.00. The van der Waals surface area contributed by atoms with Gasteiger partial charge in [-0.2, -0.15) is 4.98 Å². The molecule has 0 saturated carbocycles. The van der Waals surface area contributed by atoms with Crippen molar-refractivity contribution in [3.8, 4) is 0 Å². The first-order chi connectivity index (χ1) is 11.2. The molecule has 0 fully saturated rings. The van der Waals surface area contributed by atoms with Crippen molar-refractivity contribution in [2.75, 3.05) is 17.3 Å². The van der Waals surface area contributed by atoms with Crippen LogP contribution in [0.2, 0.25) is 0 Å². The van der Waals surface area contributed by atoms with Crippen LogP contribution in [-0.2, 0) is 6.54 Å². The number of rotatable bonds is 5. The Morgan fingerprint density at radius 2 is 1.74 bits per heavy atom. The fourth-order valence-electron chi connectivity index (χ4n) is 2.24. The van der Waals surface area contributed by atoms with Gasteiger partial charge >= 0.3 is 0 Å². The molecule has 1 heterocycles. The monoisotopic (exact) mass is 308 g/mol. The molecule has 3 rings (SSSR count). The molecule has 23 heavy (non-hydrogen) atoms. The number of aromatic nitrogens is 2. The lowest BCUT2D eigenvalue weighted by atomic mass is 10.2. The largest absolute Gasteiger partial charge is 0.355 e. The highest BCUT2D eigenvalue weighted by atomic mass is 19.1. The molecule has 0 atom stereocenters. The molecule has 0 radical (unpaired) electrons. The van der Waals surface area contributed by atoms with Crippen molar-refractivity contribution in [2.24, 2.45) is 0 Å². The number of nitrogens with one attached hydrogen (secondary N) is 1. The lowest BCUT2D eigenvalue weighted by Gasteiger charge is -2.18. The van der Waals surface area contributed by atoms with Gasteiger partial charge in [0, 0.05) is 19.8 Å². The molecule has 5 heteroatoms. The maximum absolute atomic E-state index is 13.7. The Morgan fingerprint density at radius 3 is 2.52 bits per heavy atom. The maximum atomic E-state index is 13.7. The summed E-state index contributed by atoms with van der Waals surface area (Å²) in [6.07, 6.45) is 1.66. The predicted molar refractivity (Wildman–Crippen MR) is 90.3 cm³/mol. The van der Waals surface area contributed by atoms with Gasteiger partial charge in [-0.05, 0) is 23.8 Å². The van der Waals surface area contributed by atoms with Crippen molar-refractivity contribution in [1.82, 2.24) is 9.97 Å². The highest BCUT2D eigenvalue weighted by molar-refractivity contribution is 5.55. The molecule has 0 amide bonds. The topological polar surface area (TPSA) is 41.1 Å². The van der Waals surface area contributed by atoms with E-state index in [4.69, 9.17) is 0 Å². The number of hydrogen-bond donors (Lipinski definition) is 1. The van der Waals surface area contributed by atoms with Crippen LogP contribution < -0.4 is 10.2 Å². The van der Waals surface area contributed by atoms with Crippen LogP contribution in [0.3, 0.4) is 0 Å². The van der Waals surface area contributed by atoms with E-state index in [1.165, 1.54) is 11.6 Å². The van der Waals surface area contributed by atoms with Crippen LogP contribution in [0.5, 0.6) is 0 Å². The van der Waals surface area contributed by atoms with Crippen LogP contribution in [0.1, 0.15) is 5.56 Å². The minimum Gasteiger partial charge on any atom is -0.355 e. The number of nitrogens with zero attached hydrogens (tertiary/aromatic N) is 3. The van der Waals surface area contributed by atoms with E-state index in [0.717, 1.165) is 12.4 Å². The number of halogens is 1. The lowest BCUT2D eigenvalue weighted by Crippen LogP contribution is -2.18. The summed E-state index contributed by atoms with van der Waals surface area (Å²) >= 11 is 0. The quantitative estimate of drug-likeness (QED) is 0.773. The van der Waals surface area contributed by atoms with Gasteiger partial charge in [-0.25, -0.2) is 9.37 Å². The number of anilines is 3. The molecular formula is C18H17FN4. The first-order valence-corrected chi connectivity index (χ1v) is 7.32. The third-order valence-electron chi connectivity index (χ3n) is 3.41. The summed E-state index contributed by atoms with van der Waals surface area (Å²) in [5.74, 6) is 0.800. The van der Waals surface area contributed by atoms with Crippen LogP contribution >= 0.6 is 0 Å². The van der Waals surface area contributed by atoms with Crippen LogP contribution in [0, 0.1) is 5.82 Å². The summed E-state index contributed by atoms with van der Waals surface area (Å²) in [4.78, 5) is 10.6. The standard InChI is InChI=1S/C18H17FN4/c1-23(13-14-7-3-2-4-8-14)17-11-12-20-18(22-17)21-16-10-6-5-9-15(16)19/h2-12H,13H2,1H3,(H,20,21,22). The van der Waals surface area contributed by atoms with E-state index in [9.17, 15) is 4.39 Å². The van der Waals surface area contributed by atoms with Crippen LogP contribution in [-0.4, -0.2) is 17.0 Å². The van der Waals surface area contributed by atoms with E-state index in [1.807, 2.05) is 36.2 Å². The van der Waals surface area contributed by atoms with Gasteiger partial charge in [0.05, 0.1) is 5.69 Å². The molecule has 116 valence electrons. The molecule has 2 aromatic carbocycles. The minimum absolute atomic E-state index is 0.334. The summed E-state index contributed by atoms with van der Waals surface area (Å²) in [6, 6.07) is 18.4. The van der Waals surface area contributed by atoms with Crippen LogP contribution in [0.15, 0.2) is 66.9 Å². The zero-order chi connectivity index (χ0) is 16.1. The maximum Gasteiger partial charge on any atom is 0.229 e. The Morgan fingerprint density at radius 1 is 1.00 bits per heavy atom. The van der Waals surface area contributed by atoms with Gasteiger partial charge in [-0.1, -0.05) is 42.5 Å². The summed E-state index contributed by atoms with van der Waals surface area (Å²) in [5, 5.41) is 2.91. The van der Waals surface area contributed by atoms with Gasteiger partial charge < -0.3 is 10.2 Å². The molecule has 1 aromatic heterocycles. The average Bonchev–Trinajstić information content (AvgIpc) is 2.58. The normalized spacial score (nSPS) is 10.3. The van der Waals surface area contributed by atoms with Gasteiger partial charge in [-0.15, -0.1) is 0 Å². The van der Waals surface area contributed by atoms with E-state index >= 15 is 0 Å². The Hall–Kier alpha value is -2.95. The fraction of sp³-hybridized carbons (Fsp3) is 0.111. The van der Waals surface area contributed by atoms with Crippen LogP contribution in [0.25, 0.3) is 0 Å². The fourth-order valence-corrected chi connectivity index (χ4v) is 2.24. The second kappa shape index (κ2) is 6.87. The van der Waals surface area contributed by atoms with Crippen molar-refractivity contribution in [3.05, 3.63) is 78.2 Å². The van der Waals surface area contributed by atoms with Crippen molar-refractivity contribution in [1.29, 1.82) is 0 Å². The van der Waals surface area contributed by atoms with E-state index < -0.39 is 0 Å². The molecule has 0 bridgehead atoms. The molecule has 1 N–H and O–H groups in total. The molecule has 0 saturated heterocycles. The number of para-hydroxylation sites is 1. The summed E-state index contributed by atoms with van der Waals surface area (Å²) < 4.78 is 13.7. The first kappa shape index (κ1) is 15.0. The number of hydrogen-bond acceptors (Lipinski definition) is 4. The van der Waals surface area contributed by atoms with Gasteiger partial charge in [0.2, 0.25) is 5.95 Å². The van der Waals surface area contributed by atoms with Crippen LogP contribution in [0.4, 0.5) is 21.8 Å². The molecule has 0 aliphatic carbocycles. The Balaban J connectivity index is 1.76. The van der Waals surface area contributed by atoms with Gasteiger partial charge in [-0.3, -0.25) is 0 Å². The minimum atomic E-state index is -0.334. The third-order valence-corrected chi connectivity index (χ3v) is 3.41. The van der Waals surface area contributed by atoms with E-state index in [0.29, 0.717) is 11.6 Å². The lowest BCUT2D eigenvalue weighted by molar-refractivity contribution is 0.631. The first-order valence-electron chi connectivity index (χ1n) is 7.32. The van der Waals surface area contributed by atoms with Crippen molar-refractivity contribution in [3.63, 3.8) is 0 Å². The van der Waals surface area contributed by atoms with Gasteiger partial charge in [0.1, 0.15) is 11.6 Å². The van der Waals surface area contributed by atoms with E-state index in [2.05, 4.69) is 27.4 Å². The smallest absolute Gasteiger partial charge is 0.229 e. The second-order valence-corrected chi connectivity index (χ2v) is 5.18. The second-order valence-electron chi connectivity index (χ2n) is 5.18. The van der Waals surface area contributed by atoms with E-state index in [1.54, 1.807) is 24.4 Å². The van der Waals surface area contributed by atoms with E-state index in [-0.39, 0.29) is 5.82 Å². The molecule has 0 aliphatic rings. The zero-order valence-corrected chi connectivity index (χ0v) is 12.8. The Kier molecular flexibility index (Phi) is 4.47. The molecular weight excluding hydrogens is 291 g/mol. The summed E-state index contributed by atoms with van der Waals surface area (Å²) in [6.45, 7) is 0.733. The molecule has 0 aliphatic heterocycles. The zero-order valence-electron chi connectivity index (χ0n) is 12.8. The highest BCUT2D eigenvalue weighted by Crippen LogP contribution is 2.19. The highest BCUT2D eigenvalue weighted by Gasteiger charge is 2.07. The van der Waals surface area contributed by atoms with Gasteiger partial charge in [0.15, 0.2) is 0 Å². The molecule has 4 nitrogen and oxygen atoms in total. The molecule has 3 aromatic rings. The molecule has 0 unspecified atom stereocenters. The van der Waals surface area contributed by atoms with Gasteiger partial charge in [0.25, 0.3) is 0 Å². The summed E-state index contributed by atoms with van der Waals surface area (Å²) in [5.41, 5.74) is 1.55.